The number of benzene rings is 1. The van der Waals surface area contributed by atoms with Crippen LogP contribution in [0.3, 0.4) is 0 Å². The smallest absolute Gasteiger partial charge is 0.494 e. The maximum absolute atomic E-state index is 10.8. The number of aliphatic hydroxyl groups is 1. The lowest BCUT2D eigenvalue weighted by Crippen LogP contribution is -2.35. The Morgan fingerprint density at radius 2 is 1.91 bits per heavy atom. The summed E-state index contributed by atoms with van der Waals surface area (Å²) in [5.74, 6) is 0.809. The number of hydrogen-bond donors (Lipinski definition) is 2. The van der Waals surface area contributed by atoms with E-state index < -0.39 is 11.8 Å². The molecule has 0 radical (unpaired) electrons. The zero-order valence-corrected chi connectivity index (χ0v) is 13.0. The van der Waals surface area contributed by atoms with E-state index in [0.717, 1.165) is 24.2 Å². The van der Waals surface area contributed by atoms with Crippen molar-refractivity contribution in [2.24, 2.45) is 0 Å². The quantitative estimate of drug-likeness (QED) is 0.619. The lowest BCUT2D eigenvalue weighted by molar-refractivity contribution is -0.0481. The zero-order chi connectivity index (χ0) is 16.0. The second-order valence-corrected chi connectivity index (χ2v) is 5.84. The fourth-order valence-corrected chi connectivity index (χ4v) is 2.81. The van der Waals surface area contributed by atoms with E-state index in [1.165, 1.54) is 0 Å². The van der Waals surface area contributed by atoms with Crippen molar-refractivity contribution in [2.45, 2.75) is 57.2 Å². The first-order valence-corrected chi connectivity index (χ1v) is 7.89. The molecule has 5 nitrogen and oxygen atoms in total. The van der Waals surface area contributed by atoms with Gasteiger partial charge in [0.1, 0.15) is 11.9 Å². The predicted molar refractivity (Wildman–Crippen MR) is 82.1 cm³/mol. The Hall–Kier alpha value is -1.75. The molecule has 5 heteroatoms. The Morgan fingerprint density at radius 3 is 2.45 bits per heavy atom. The molecule has 122 valence electrons. The molecule has 0 bridgehead atoms. The number of unbranched alkanes of at least 4 members (excludes halogenated alkanes) is 1. The monoisotopic (exact) mass is 308 g/mol. The first-order chi connectivity index (χ1) is 10.5. The Balaban J connectivity index is 1.92. The number of ether oxygens (including phenoxy) is 2. The molecule has 2 rings (SSSR count). The van der Waals surface area contributed by atoms with Gasteiger partial charge >= 0.3 is 6.16 Å². The normalized spacial score (nSPS) is 24.7. The van der Waals surface area contributed by atoms with Crippen LogP contribution in [0.25, 0.3) is 0 Å². The standard InChI is InChI=1S/C17H24O5/c1-2-3-12-21-14-6-4-13(5-7-14)17(20)10-8-15(9-11-17)22-16(18)19/h4-7,15,20H,2-3,8-12H2,1H3,(H,18,19). The molecule has 1 fully saturated rings. The zero-order valence-electron chi connectivity index (χ0n) is 13.0. The van der Waals surface area contributed by atoms with Crippen LogP contribution < -0.4 is 4.74 Å². The molecule has 0 spiro atoms. The van der Waals surface area contributed by atoms with Gasteiger partial charge in [0, 0.05) is 0 Å². The van der Waals surface area contributed by atoms with Crippen LogP contribution in [0.5, 0.6) is 5.75 Å². The van der Waals surface area contributed by atoms with E-state index in [2.05, 4.69) is 6.92 Å². The SMILES string of the molecule is CCCCOc1ccc(C2(O)CCC(OC(=O)O)CC2)cc1. The topological polar surface area (TPSA) is 76.0 Å². The molecule has 22 heavy (non-hydrogen) atoms. The van der Waals surface area contributed by atoms with Crippen molar-refractivity contribution >= 4 is 6.16 Å². The molecular formula is C17H24O5. The van der Waals surface area contributed by atoms with Gasteiger partial charge in [0.2, 0.25) is 0 Å². The third-order valence-electron chi connectivity index (χ3n) is 4.19. The minimum atomic E-state index is -1.25. The number of rotatable bonds is 6. The van der Waals surface area contributed by atoms with E-state index in [1.54, 1.807) is 0 Å². The third kappa shape index (κ3) is 4.37. The van der Waals surface area contributed by atoms with Gasteiger partial charge < -0.3 is 19.7 Å². The van der Waals surface area contributed by atoms with Crippen LogP contribution in [0.15, 0.2) is 24.3 Å². The van der Waals surface area contributed by atoms with Crippen LogP contribution in [0.1, 0.15) is 51.0 Å². The van der Waals surface area contributed by atoms with Crippen molar-refractivity contribution in [3.63, 3.8) is 0 Å². The summed E-state index contributed by atoms with van der Waals surface area (Å²) in [6.45, 7) is 2.82. The maximum Gasteiger partial charge on any atom is 0.506 e. The Bertz CT molecular complexity index is 474. The first kappa shape index (κ1) is 16.6. The van der Waals surface area contributed by atoms with Crippen LogP contribution in [0.4, 0.5) is 4.79 Å². The molecule has 0 aliphatic heterocycles. The highest BCUT2D eigenvalue weighted by Crippen LogP contribution is 2.38. The highest BCUT2D eigenvalue weighted by molar-refractivity contribution is 5.57. The second kappa shape index (κ2) is 7.49. The molecule has 1 aromatic carbocycles. The Labute approximate surface area is 130 Å². The lowest BCUT2D eigenvalue weighted by atomic mass is 9.78. The number of hydrogen-bond acceptors (Lipinski definition) is 4. The molecule has 2 N–H and O–H groups in total. The van der Waals surface area contributed by atoms with E-state index in [-0.39, 0.29) is 6.10 Å². The summed E-state index contributed by atoms with van der Waals surface area (Å²) in [7, 11) is 0. The second-order valence-electron chi connectivity index (χ2n) is 5.84. The molecule has 1 aliphatic carbocycles. The summed E-state index contributed by atoms with van der Waals surface area (Å²) in [6, 6.07) is 7.53. The van der Waals surface area contributed by atoms with Crippen molar-refractivity contribution in [3.05, 3.63) is 29.8 Å². The predicted octanol–water partition coefficient (Wildman–Crippen LogP) is 3.69. The van der Waals surface area contributed by atoms with Gasteiger partial charge in [0.25, 0.3) is 0 Å². The number of carbonyl (C=O) groups is 1. The van der Waals surface area contributed by atoms with Gasteiger partial charge in [0.05, 0.1) is 12.2 Å². The summed E-state index contributed by atoms with van der Waals surface area (Å²) < 4.78 is 10.4. The highest BCUT2D eigenvalue weighted by atomic mass is 16.7. The van der Waals surface area contributed by atoms with Gasteiger partial charge in [-0.2, -0.15) is 0 Å². The molecule has 0 heterocycles. The van der Waals surface area contributed by atoms with Crippen LogP contribution in [0.2, 0.25) is 0 Å². The van der Waals surface area contributed by atoms with Crippen LogP contribution in [0, 0.1) is 0 Å². The molecule has 1 saturated carbocycles. The summed E-state index contributed by atoms with van der Waals surface area (Å²) in [6.07, 6.45) is 2.64. The van der Waals surface area contributed by atoms with Crippen LogP contribution in [-0.4, -0.2) is 29.1 Å². The van der Waals surface area contributed by atoms with E-state index in [1.807, 2.05) is 24.3 Å². The molecule has 0 aromatic heterocycles. The van der Waals surface area contributed by atoms with E-state index in [0.29, 0.717) is 32.3 Å². The molecule has 1 aromatic rings. The summed E-state index contributed by atoms with van der Waals surface area (Å²) in [5.41, 5.74) is -0.0514. The van der Waals surface area contributed by atoms with E-state index >= 15 is 0 Å². The van der Waals surface area contributed by atoms with Crippen molar-refractivity contribution in [2.75, 3.05) is 6.61 Å². The van der Waals surface area contributed by atoms with E-state index in [4.69, 9.17) is 14.6 Å². The largest absolute Gasteiger partial charge is 0.506 e. The average molecular weight is 308 g/mol. The van der Waals surface area contributed by atoms with Gasteiger partial charge in [-0.15, -0.1) is 0 Å². The molecule has 1 aliphatic rings. The van der Waals surface area contributed by atoms with Crippen molar-refractivity contribution in [1.29, 1.82) is 0 Å². The van der Waals surface area contributed by atoms with Crippen LogP contribution >= 0.6 is 0 Å². The van der Waals surface area contributed by atoms with Gasteiger partial charge in [-0.05, 0) is 49.8 Å². The molecule has 0 amide bonds. The first-order valence-electron chi connectivity index (χ1n) is 7.89. The van der Waals surface area contributed by atoms with Crippen molar-refractivity contribution in [1.82, 2.24) is 0 Å². The van der Waals surface area contributed by atoms with Gasteiger partial charge in [-0.1, -0.05) is 25.5 Å². The minimum absolute atomic E-state index is 0.311. The van der Waals surface area contributed by atoms with Gasteiger partial charge in [-0.25, -0.2) is 4.79 Å². The van der Waals surface area contributed by atoms with Gasteiger partial charge in [-0.3, -0.25) is 0 Å². The average Bonchev–Trinajstić information content (AvgIpc) is 2.50. The molecule has 0 saturated heterocycles. The third-order valence-corrected chi connectivity index (χ3v) is 4.19. The molecule has 0 unspecified atom stereocenters. The Kier molecular flexibility index (Phi) is 5.66. The summed E-state index contributed by atoms with van der Waals surface area (Å²) in [5, 5.41) is 19.4. The van der Waals surface area contributed by atoms with Crippen molar-refractivity contribution < 1.29 is 24.5 Å². The molecule has 0 atom stereocenters. The van der Waals surface area contributed by atoms with Crippen molar-refractivity contribution in [3.8, 4) is 5.75 Å². The highest BCUT2D eigenvalue weighted by Gasteiger charge is 2.36. The van der Waals surface area contributed by atoms with Gasteiger partial charge in [0.15, 0.2) is 0 Å². The molecular weight excluding hydrogens is 284 g/mol. The summed E-state index contributed by atoms with van der Waals surface area (Å²) in [4.78, 5) is 10.5. The summed E-state index contributed by atoms with van der Waals surface area (Å²) >= 11 is 0. The van der Waals surface area contributed by atoms with E-state index in [9.17, 15) is 9.90 Å². The fraction of sp³-hybridized carbons (Fsp3) is 0.588. The van der Waals surface area contributed by atoms with Crippen LogP contribution in [-0.2, 0) is 10.3 Å². The maximum atomic E-state index is 10.8. The Morgan fingerprint density at radius 1 is 1.27 bits per heavy atom. The lowest BCUT2D eigenvalue weighted by Gasteiger charge is -2.35. The number of carboxylic acid groups (broad SMARTS) is 1. The fourth-order valence-electron chi connectivity index (χ4n) is 2.81. The minimum Gasteiger partial charge on any atom is -0.494 e.